The first-order valence-electron chi connectivity index (χ1n) is 6.46. The van der Waals surface area contributed by atoms with E-state index in [9.17, 15) is 14.9 Å². The Hall–Kier alpha value is -2.18. The van der Waals surface area contributed by atoms with Gasteiger partial charge in [0.1, 0.15) is 5.82 Å². The number of hydrogen-bond donors (Lipinski definition) is 0. The molecule has 1 aromatic heterocycles. The summed E-state index contributed by atoms with van der Waals surface area (Å²) in [5, 5.41) is 10.9. The van der Waals surface area contributed by atoms with Gasteiger partial charge in [0.2, 0.25) is 0 Å². The molecule has 7 nitrogen and oxygen atoms in total. The van der Waals surface area contributed by atoms with Crippen molar-refractivity contribution >= 4 is 17.5 Å². The molecular weight excluding hydrogens is 262 g/mol. The van der Waals surface area contributed by atoms with Crippen molar-refractivity contribution in [3.63, 3.8) is 0 Å². The highest BCUT2D eigenvalue weighted by atomic mass is 16.6. The zero-order valence-corrected chi connectivity index (χ0v) is 11.5. The van der Waals surface area contributed by atoms with Crippen LogP contribution in [0.15, 0.2) is 12.3 Å². The van der Waals surface area contributed by atoms with Gasteiger partial charge in [0.15, 0.2) is 0 Å². The summed E-state index contributed by atoms with van der Waals surface area (Å²) in [7, 11) is 1.39. The normalized spacial score (nSPS) is 16.0. The van der Waals surface area contributed by atoms with Crippen molar-refractivity contribution in [3.8, 4) is 0 Å². The average Bonchev–Trinajstić information content (AvgIpc) is 2.47. The van der Waals surface area contributed by atoms with Gasteiger partial charge in [0, 0.05) is 24.8 Å². The van der Waals surface area contributed by atoms with Crippen LogP contribution in [0.25, 0.3) is 0 Å². The molecule has 0 N–H and O–H groups in total. The highest BCUT2D eigenvalue weighted by molar-refractivity contribution is 5.72. The predicted octanol–water partition coefficient (Wildman–Crippen LogP) is 1.69. The third kappa shape index (κ3) is 2.87. The second-order valence-corrected chi connectivity index (χ2v) is 4.87. The van der Waals surface area contributed by atoms with Crippen LogP contribution >= 0.6 is 0 Å². The summed E-state index contributed by atoms with van der Waals surface area (Å²) < 4.78 is 4.73. The lowest BCUT2D eigenvalue weighted by Crippen LogP contribution is -2.37. The summed E-state index contributed by atoms with van der Waals surface area (Å²) in [6.45, 7) is 2.96. The molecule has 0 aliphatic carbocycles. The van der Waals surface area contributed by atoms with E-state index < -0.39 is 4.92 Å². The Bertz CT molecular complexity index is 524. The van der Waals surface area contributed by atoms with Gasteiger partial charge >= 0.3 is 5.97 Å². The van der Waals surface area contributed by atoms with Gasteiger partial charge in [-0.3, -0.25) is 14.9 Å². The lowest BCUT2D eigenvalue weighted by atomic mass is 9.97. The van der Waals surface area contributed by atoms with Gasteiger partial charge in [0.05, 0.1) is 24.0 Å². The number of methoxy groups -OCH3 is 1. The van der Waals surface area contributed by atoms with E-state index >= 15 is 0 Å². The summed E-state index contributed by atoms with van der Waals surface area (Å²) in [5.74, 6) is 0.315. The predicted molar refractivity (Wildman–Crippen MR) is 72.6 cm³/mol. The van der Waals surface area contributed by atoms with Crippen LogP contribution in [-0.4, -0.2) is 36.1 Å². The molecule has 2 rings (SSSR count). The lowest BCUT2D eigenvalue weighted by Gasteiger charge is -2.31. The van der Waals surface area contributed by atoms with E-state index in [0.29, 0.717) is 37.3 Å². The Morgan fingerprint density at radius 2 is 2.15 bits per heavy atom. The fourth-order valence-corrected chi connectivity index (χ4v) is 2.38. The zero-order chi connectivity index (χ0) is 14.7. The van der Waals surface area contributed by atoms with Crippen molar-refractivity contribution in [2.45, 2.75) is 19.8 Å². The molecule has 0 saturated carbocycles. The molecule has 0 bridgehead atoms. The van der Waals surface area contributed by atoms with Crippen molar-refractivity contribution in [2.24, 2.45) is 5.92 Å². The Morgan fingerprint density at radius 1 is 1.50 bits per heavy atom. The van der Waals surface area contributed by atoms with Gasteiger partial charge in [0.25, 0.3) is 5.69 Å². The summed E-state index contributed by atoms with van der Waals surface area (Å²) in [4.78, 5) is 28.2. The Morgan fingerprint density at radius 3 is 2.70 bits per heavy atom. The maximum atomic E-state index is 11.5. The number of ether oxygens (including phenoxy) is 1. The maximum Gasteiger partial charge on any atom is 0.308 e. The van der Waals surface area contributed by atoms with E-state index in [0.717, 1.165) is 0 Å². The van der Waals surface area contributed by atoms with Gasteiger partial charge in [-0.15, -0.1) is 0 Å². The first-order chi connectivity index (χ1) is 9.52. The molecule has 0 radical (unpaired) electrons. The molecule has 0 unspecified atom stereocenters. The minimum absolute atomic E-state index is 0.0742. The molecule has 20 heavy (non-hydrogen) atoms. The number of pyridine rings is 1. The number of carbonyl (C=O) groups excluding carboxylic acids is 1. The molecule has 7 heteroatoms. The van der Waals surface area contributed by atoms with Gasteiger partial charge in [-0.25, -0.2) is 4.98 Å². The van der Waals surface area contributed by atoms with Crippen LogP contribution < -0.4 is 4.90 Å². The average molecular weight is 279 g/mol. The number of hydrogen-bond acceptors (Lipinski definition) is 6. The molecule has 1 fully saturated rings. The number of carbonyl (C=O) groups is 1. The van der Waals surface area contributed by atoms with E-state index in [1.807, 2.05) is 4.90 Å². The molecule has 1 aromatic rings. The van der Waals surface area contributed by atoms with Gasteiger partial charge in [-0.05, 0) is 19.8 Å². The molecule has 0 amide bonds. The number of anilines is 1. The number of nitrogens with zero attached hydrogens (tertiary/aromatic N) is 3. The van der Waals surface area contributed by atoms with Gasteiger partial charge in [-0.1, -0.05) is 0 Å². The van der Waals surface area contributed by atoms with Crippen molar-refractivity contribution < 1.29 is 14.5 Å². The summed E-state index contributed by atoms with van der Waals surface area (Å²) in [6, 6.07) is 1.49. The number of nitro groups is 1. The van der Waals surface area contributed by atoms with Gasteiger partial charge < -0.3 is 9.64 Å². The van der Waals surface area contributed by atoms with Crippen LogP contribution in [0.5, 0.6) is 0 Å². The summed E-state index contributed by atoms with van der Waals surface area (Å²) in [5.41, 5.74) is 0.619. The third-order valence-electron chi connectivity index (χ3n) is 3.61. The highest BCUT2D eigenvalue weighted by Gasteiger charge is 2.27. The van der Waals surface area contributed by atoms with Crippen LogP contribution in [0, 0.1) is 23.0 Å². The molecule has 108 valence electrons. The zero-order valence-electron chi connectivity index (χ0n) is 11.5. The summed E-state index contributed by atoms with van der Waals surface area (Å²) in [6.07, 6.45) is 2.87. The van der Waals surface area contributed by atoms with Crippen molar-refractivity contribution in [1.29, 1.82) is 0 Å². The number of rotatable bonds is 3. The standard InChI is InChI=1S/C13H17N3O4/c1-9-8-14-12(7-11(9)16(18)19)15-5-3-10(4-6-15)13(17)20-2/h7-8,10H,3-6H2,1-2H3. The fourth-order valence-electron chi connectivity index (χ4n) is 2.38. The van der Waals surface area contributed by atoms with Crippen LogP contribution in [0.1, 0.15) is 18.4 Å². The fraction of sp³-hybridized carbons (Fsp3) is 0.538. The molecule has 1 aliphatic rings. The van der Waals surface area contributed by atoms with Crippen LogP contribution in [0.4, 0.5) is 11.5 Å². The Balaban J connectivity index is 2.09. The van der Waals surface area contributed by atoms with E-state index in [1.54, 1.807) is 6.92 Å². The van der Waals surface area contributed by atoms with E-state index in [4.69, 9.17) is 4.74 Å². The topological polar surface area (TPSA) is 85.6 Å². The third-order valence-corrected chi connectivity index (χ3v) is 3.61. The Labute approximate surface area is 116 Å². The monoisotopic (exact) mass is 279 g/mol. The van der Waals surface area contributed by atoms with E-state index in [2.05, 4.69) is 4.98 Å². The smallest absolute Gasteiger partial charge is 0.308 e. The Kier molecular flexibility index (Phi) is 4.16. The minimum Gasteiger partial charge on any atom is -0.469 e. The highest BCUT2D eigenvalue weighted by Crippen LogP contribution is 2.26. The minimum atomic E-state index is -0.401. The maximum absolute atomic E-state index is 11.5. The van der Waals surface area contributed by atoms with Crippen molar-refractivity contribution in [3.05, 3.63) is 27.9 Å². The first-order valence-corrected chi connectivity index (χ1v) is 6.46. The van der Waals surface area contributed by atoms with Crippen LogP contribution in [0.2, 0.25) is 0 Å². The SMILES string of the molecule is COC(=O)C1CCN(c2cc([N+](=O)[O-])c(C)cn2)CC1. The molecule has 0 spiro atoms. The van der Waals surface area contributed by atoms with Crippen molar-refractivity contribution in [1.82, 2.24) is 4.98 Å². The number of esters is 1. The summed E-state index contributed by atoms with van der Waals surface area (Å²) >= 11 is 0. The lowest BCUT2D eigenvalue weighted by molar-refractivity contribution is -0.385. The second-order valence-electron chi connectivity index (χ2n) is 4.87. The van der Waals surface area contributed by atoms with Crippen LogP contribution in [-0.2, 0) is 9.53 Å². The molecule has 1 aliphatic heterocycles. The second kappa shape index (κ2) is 5.85. The number of aryl methyl sites for hydroxylation is 1. The first kappa shape index (κ1) is 14.2. The number of aromatic nitrogens is 1. The van der Waals surface area contributed by atoms with Crippen LogP contribution in [0.3, 0.4) is 0 Å². The molecule has 0 aromatic carbocycles. The van der Waals surface area contributed by atoms with Gasteiger partial charge in [-0.2, -0.15) is 0 Å². The van der Waals surface area contributed by atoms with E-state index in [1.165, 1.54) is 19.4 Å². The molecule has 1 saturated heterocycles. The molecule has 2 heterocycles. The molecular formula is C13H17N3O4. The molecule has 0 atom stereocenters. The van der Waals surface area contributed by atoms with E-state index in [-0.39, 0.29) is 17.6 Å². The quantitative estimate of drug-likeness (QED) is 0.475. The largest absolute Gasteiger partial charge is 0.469 e. The van der Waals surface area contributed by atoms with Crippen molar-refractivity contribution in [2.75, 3.05) is 25.1 Å². The number of piperidine rings is 1.